The summed E-state index contributed by atoms with van der Waals surface area (Å²) in [6.45, 7) is 0. The van der Waals surface area contributed by atoms with E-state index in [0.29, 0.717) is 0 Å². The van der Waals surface area contributed by atoms with Gasteiger partial charge in [0.2, 0.25) is 0 Å². The average Bonchev–Trinajstić information content (AvgIpc) is 2.91. The largest absolute Gasteiger partial charge is 1.00 e. The maximum atomic E-state index is 13.9. The molecule has 0 aliphatic carbocycles. The minimum Gasteiger partial charge on any atom is -1.00 e. The Morgan fingerprint density at radius 3 is 1.32 bits per heavy atom. The molecule has 38 heavy (non-hydrogen) atoms. The number of Topliss-reactive ketones (excluding diaryl/α,β-unsaturated/α-hetero) is 1. The van der Waals surface area contributed by atoms with Crippen molar-refractivity contribution in [3.8, 4) is 0 Å². The van der Waals surface area contributed by atoms with Gasteiger partial charge in [-0.1, -0.05) is 0 Å². The van der Waals surface area contributed by atoms with Gasteiger partial charge in [0.05, 0.1) is 0 Å². The Hall–Kier alpha value is -1.86. The smallest absolute Gasteiger partial charge is 1.00 e. The summed E-state index contributed by atoms with van der Waals surface area (Å²) in [5, 5.41) is 10.9. The van der Waals surface area contributed by atoms with Crippen molar-refractivity contribution in [2.24, 2.45) is 0 Å². The summed E-state index contributed by atoms with van der Waals surface area (Å²) in [6, 6.07) is 39.8. The van der Waals surface area contributed by atoms with Crippen molar-refractivity contribution in [3.63, 3.8) is 0 Å². The summed E-state index contributed by atoms with van der Waals surface area (Å²) in [5.74, 6) is -2.50. The zero-order chi connectivity index (χ0) is 27.1. The Morgan fingerprint density at radius 1 is 0.711 bits per heavy atom. The molecule has 0 spiro atoms. The molecule has 1 unspecified atom stereocenters. The molecule has 0 bridgehead atoms. The summed E-state index contributed by atoms with van der Waals surface area (Å²) >= 11 is 3.71. The first-order chi connectivity index (χ1) is 17.6. The number of alkyl halides is 3. The van der Waals surface area contributed by atoms with E-state index in [-0.39, 0.29) is 52.1 Å². The molecule has 0 aliphatic rings. The van der Waals surface area contributed by atoms with E-state index in [1.54, 1.807) is 0 Å². The van der Waals surface area contributed by atoms with E-state index in [1.165, 1.54) is 15.9 Å². The fraction of sp³-hybridized carbons (Fsp3) is 0.0714. The summed E-state index contributed by atoms with van der Waals surface area (Å²) in [6.07, 6.45) is -5.08. The molecule has 4 rings (SSSR count). The molecule has 10 heteroatoms. The Balaban J connectivity index is 0.000000561. The minimum absolute atomic E-state index is 0. The van der Waals surface area contributed by atoms with E-state index in [0.717, 1.165) is 10.0 Å². The minimum atomic E-state index is -5.08. The van der Waals surface area contributed by atoms with Crippen molar-refractivity contribution in [2.45, 2.75) is 9.34 Å². The van der Waals surface area contributed by atoms with E-state index in [1.807, 2.05) is 24.3 Å². The van der Waals surface area contributed by atoms with Crippen molar-refractivity contribution < 1.29 is 71.0 Å². The standard InChI is InChI=1S/C26H20BrOP.C2HF3O2.BrH.Hg/c27-22-18-16-21(17-19-22)26(28)20-29(23-10-4-1-5-11-23,24-12-6-2-7-13-24)25-14-8-3-9-15-25;3-2(4,5)1(6)7;;/h1-20H;(H,6,7);1H;/q+1;;;/p-1. The third-order valence-corrected chi connectivity index (χ3v) is 18.5. The van der Waals surface area contributed by atoms with Crippen molar-refractivity contribution in [1.29, 1.82) is 0 Å². The number of carboxylic acids is 1. The topological polar surface area (TPSA) is 54.4 Å². The molecule has 1 N–H and O–H groups in total. The predicted molar refractivity (Wildman–Crippen MR) is 141 cm³/mol. The van der Waals surface area contributed by atoms with E-state index in [4.69, 9.17) is 9.90 Å². The van der Waals surface area contributed by atoms with E-state index in [9.17, 15) is 18.0 Å². The number of ketones is 1. The van der Waals surface area contributed by atoms with Gasteiger partial charge in [-0.3, -0.25) is 0 Å². The van der Waals surface area contributed by atoms with Crippen molar-refractivity contribution in [3.05, 3.63) is 125 Å². The zero-order valence-electron chi connectivity index (χ0n) is 19.9. The van der Waals surface area contributed by atoms with Crippen LogP contribution in [0.3, 0.4) is 0 Å². The molecule has 0 fully saturated rings. The molecule has 0 saturated carbocycles. The fourth-order valence-corrected chi connectivity index (χ4v) is 16.9. The van der Waals surface area contributed by atoms with Gasteiger partial charge in [0.15, 0.2) is 0 Å². The second kappa shape index (κ2) is 14.5. The van der Waals surface area contributed by atoms with Gasteiger partial charge in [0.1, 0.15) is 0 Å². The Labute approximate surface area is 254 Å². The van der Waals surface area contributed by atoms with Gasteiger partial charge in [-0.2, -0.15) is 13.2 Å². The number of hydrogen-bond donors (Lipinski definition) is 1. The number of carbonyl (C=O) groups is 2. The Kier molecular flexibility index (Phi) is 12.3. The summed E-state index contributed by atoms with van der Waals surface area (Å²) in [4.78, 5) is 22.8. The molecule has 0 heterocycles. The molecule has 0 saturated heterocycles. The third-order valence-electron chi connectivity index (χ3n) is 5.63. The molecule has 4 aromatic rings. The number of aliphatic carboxylic acids is 1. The Morgan fingerprint density at radius 2 is 1.03 bits per heavy atom. The van der Waals surface area contributed by atoms with E-state index in [2.05, 4.69) is 107 Å². The van der Waals surface area contributed by atoms with Crippen LogP contribution in [-0.2, 0) is 30.9 Å². The predicted octanol–water partition coefficient (Wildman–Crippen LogP) is 3.14. The molecule has 1 atom stereocenters. The second-order valence-corrected chi connectivity index (χ2v) is 18.3. The van der Waals surface area contributed by atoms with Gasteiger partial charge in [-0.15, -0.1) is 0 Å². The molecule has 0 aliphatic heterocycles. The van der Waals surface area contributed by atoms with E-state index >= 15 is 0 Å². The molecular formula is C28H21Br2F3HgO3P. The number of halogens is 5. The van der Waals surface area contributed by atoms with Gasteiger partial charge in [-0.05, 0) is 0 Å². The van der Waals surface area contributed by atoms with Gasteiger partial charge in [-0.25, -0.2) is 4.79 Å². The normalized spacial score (nSPS) is 11.8. The van der Waals surface area contributed by atoms with Crippen molar-refractivity contribution in [2.75, 3.05) is 0 Å². The number of rotatable bonds is 6. The second-order valence-electron chi connectivity index (χ2n) is 7.92. The number of carbonyl (C=O) groups excluding carboxylic acids is 1. The number of benzene rings is 4. The van der Waals surface area contributed by atoms with Gasteiger partial charge in [0, 0.05) is 0 Å². The molecule has 4 aromatic carbocycles. The zero-order valence-corrected chi connectivity index (χ0v) is 29.4. The third kappa shape index (κ3) is 7.62. The van der Waals surface area contributed by atoms with Crippen LogP contribution in [0.5, 0.6) is 0 Å². The number of carboxylic acid groups (broad SMARTS) is 1. The van der Waals surface area contributed by atoms with Crippen LogP contribution >= 0.6 is 23.2 Å². The molecule has 0 aromatic heterocycles. The SMILES string of the molecule is O=C(O)C(F)(F)F.O=C(c1ccc(Br)cc1)[CH]([Hg])[P+](c1ccccc1)(c1ccccc1)c1ccccc1.[Br-]. The average molecular weight is 854 g/mol. The monoisotopic (exact) mass is 853 g/mol. The maximum Gasteiger partial charge on any atom is -1.00 e. The van der Waals surface area contributed by atoms with Crippen LogP contribution in [0.1, 0.15) is 10.4 Å². The first kappa shape index (κ1) is 32.3. The summed E-state index contributed by atoms with van der Waals surface area (Å²) in [7, 11) is -2.15. The quantitative estimate of drug-likeness (QED) is 0.185. The van der Waals surface area contributed by atoms with Crippen LogP contribution in [0.4, 0.5) is 13.2 Å². The van der Waals surface area contributed by atoms with Gasteiger partial charge in [0.25, 0.3) is 0 Å². The van der Waals surface area contributed by atoms with Crippen LogP contribution in [-0.4, -0.2) is 26.2 Å². The maximum absolute atomic E-state index is 13.9. The molecular weight excluding hydrogens is 833 g/mol. The van der Waals surface area contributed by atoms with Crippen molar-refractivity contribution >= 4 is 50.9 Å². The van der Waals surface area contributed by atoms with Gasteiger partial charge >= 0.3 is 216 Å². The first-order valence-electron chi connectivity index (χ1n) is 11.1. The van der Waals surface area contributed by atoms with Crippen LogP contribution < -0.4 is 32.9 Å². The molecule has 0 radical (unpaired) electrons. The molecule has 193 valence electrons. The number of hydrogen-bond acceptors (Lipinski definition) is 2. The van der Waals surface area contributed by atoms with Crippen LogP contribution in [0.25, 0.3) is 0 Å². The summed E-state index contributed by atoms with van der Waals surface area (Å²) < 4.78 is 32.7. The Bertz CT molecular complexity index is 1230. The summed E-state index contributed by atoms with van der Waals surface area (Å²) in [5.41, 5.74) is 0.797. The first-order valence-corrected chi connectivity index (χ1v) is 16.9. The van der Waals surface area contributed by atoms with Crippen LogP contribution in [0.15, 0.2) is 120 Å². The van der Waals surface area contributed by atoms with Crippen LogP contribution in [0, 0.1) is 0 Å². The van der Waals surface area contributed by atoms with Gasteiger partial charge < -0.3 is 22.1 Å². The van der Waals surface area contributed by atoms with Crippen LogP contribution in [0.2, 0.25) is 0 Å². The fourth-order valence-electron chi connectivity index (χ4n) is 3.96. The molecule has 0 amide bonds. The van der Waals surface area contributed by atoms with Crippen molar-refractivity contribution in [1.82, 2.24) is 0 Å². The van der Waals surface area contributed by atoms with E-state index < -0.39 is 19.4 Å². The molecule has 3 nitrogen and oxygen atoms in total.